The minimum Gasteiger partial charge on any atom is -0.396 e. The lowest BCUT2D eigenvalue weighted by Crippen LogP contribution is -2.27. The van der Waals surface area contributed by atoms with Crippen molar-refractivity contribution in [1.29, 1.82) is 0 Å². The summed E-state index contributed by atoms with van der Waals surface area (Å²) in [4.78, 5) is 0. The first-order chi connectivity index (χ1) is 5.81. The number of anilines is 1. The van der Waals surface area contributed by atoms with Crippen molar-refractivity contribution in [3.05, 3.63) is 11.4 Å². The Labute approximate surface area is 78.4 Å². The van der Waals surface area contributed by atoms with E-state index in [9.17, 15) is 5.11 Å². The van der Waals surface area contributed by atoms with E-state index >= 15 is 0 Å². The van der Waals surface area contributed by atoms with Crippen LogP contribution in [0.25, 0.3) is 0 Å². The van der Waals surface area contributed by atoms with Crippen LogP contribution in [0.3, 0.4) is 0 Å². The zero-order valence-corrected chi connectivity index (χ0v) is 8.63. The number of nitrogens with zero attached hydrogens (tertiary/aromatic N) is 2. The molecule has 74 valence electrons. The fraction of sp³-hybridized carbons (Fsp3) is 0.667. The van der Waals surface area contributed by atoms with Gasteiger partial charge in [0.2, 0.25) is 0 Å². The summed E-state index contributed by atoms with van der Waals surface area (Å²) in [7, 11) is 0. The summed E-state index contributed by atoms with van der Waals surface area (Å²) in [5.74, 6) is 0. The average molecular weight is 183 g/mol. The van der Waals surface area contributed by atoms with Gasteiger partial charge in [-0.3, -0.25) is 4.68 Å². The summed E-state index contributed by atoms with van der Waals surface area (Å²) in [6.07, 6.45) is 0. The molecule has 0 aliphatic carbocycles. The van der Waals surface area contributed by atoms with Gasteiger partial charge in [-0.15, -0.1) is 0 Å². The van der Waals surface area contributed by atoms with Crippen LogP contribution >= 0.6 is 0 Å². The van der Waals surface area contributed by atoms with Crippen LogP contribution in [0.15, 0.2) is 0 Å². The molecule has 13 heavy (non-hydrogen) atoms. The van der Waals surface area contributed by atoms with Crippen LogP contribution in [0.4, 0.5) is 5.69 Å². The highest BCUT2D eigenvalue weighted by Gasteiger charge is 2.17. The molecule has 1 aromatic heterocycles. The third-order valence-corrected chi connectivity index (χ3v) is 1.97. The summed E-state index contributed by atoms with van der Waals surface area (Å²) >= 11 is 0. The van der Waals surface area contributed by atoms with Crippen LogP contribution in [-0.4, -0.2) is 20.5 Å². The zero-order valence-electron chi connectivity index (χ0n) is 8.63. The van der Waals surface area contributed by atoms with E-state index in [-0.39, 0.29) is 0 Å². The molecular weight excluding hydrogens is 166 g/mol. The van der Waals surface area contributed by atoms with Crippen molar-refractivity contribution >= 4 is 5.69 Å². The molecule has 0 saturated carbocycles. The molecule has 0 unspecified atom stereocenters. The van der Waals surface area contributed by atoms with E-state index in [1.165, 1.54) is 0 Å². The molecule has 0 aliphatic heterocycles. The van der Waals surface area contributed by atoms with Gasteiger partial charge in [-0.05, 0) is 27.7 Å². The number of nitrogens with two attached hydrogens (primary N) is 1. The lowest BCUT2D eigenvalue weighted by Gasteiger charge is -2.17. The van der Waals surface area contributed by atoms with E-state index in [0.29, 0.717) is 12.2 Å². The first kappa shape index (κ1) is 10.1. The van der Waals surface area contributed by atoms with Crippen molar-refractivity contribution < 1.29 is 5.11 Å². The van der Waals surface area contributed by atoms with Gasteiger partial charge in [0.25, 0.3) is 0 Å². The van der Waals surface area contributed by atoms with Crippen LogP contribution in [0.1, 0.15) is 25.2 Å². The Kier molecular flexibility index (Phi) is 2.34. The minimum atomic E-state index is -0.754. The molecule has 4 nitrogen and oxygen atoms in total. The van der Waals surface area contributed by atoms with Gasteiger partial charge >= 0.3 is 0 Å². The Bertz CT molecular complexity index is 309. The van der Waals surface area contributed by atoms with Crippen molar-refractivity contribution in [2.24, 2.45) is 0 Å². The van der Waals surface area contributed by atoms with Gasteiger partial charge in [-0.25, -0.2) is 0 Å². The standard InChI is InChI=1S/C9H17N3O/c1-6-8(10)7(2)12(11-6)5-9(3,4)13/h13H,5,10H2,1-4H3. The first-order valence-electron chi connectivity index (χ1n) is 4.33. The largest absolute Gasteiger partial charge is 0.396 e. The van der Waals surface area contributed by atoms with Crippen LogP contribution < -0.4 is 5.73 Å². The summed E-state index contributed by atoms with van der Waals surface area (Å²) in [5, 5.41) is 13.8. The molecule has 1 heterocycles. The number of hydrogen-bond acceptors (Lipinski definition) is 3. The van der Waals surface area contributed by atoms with Crippen molar-refractivity contribution in [2.45, 2.75) is 39.8 Å². The van der Waals surface area contributed by atoms with Crippen molar-refractivity contribution in [1.82, 2.24) is 9.78 Å². The summed E-state index contributed by atoms with van der Waals surface area (Å²) in [6.45, 7) is 7.74. The molecule has 4 heteroatoms. The maximum absolute atomic E-state index is 9.59. The van der Waals surface area contributed by atoms with Gasteiger partial charge in [0.15, 0.2) is 0 Å². The Morgan fingerprint density at radius 2 is 2.00 bits per heavy atom. The predicted molar refractivity (Wildman–Crippen MR) is 52.4 cm³/mol. The van der Waals surface area contributed by atoms with E-state index in [1.807, 2.05) is 13.8 Å². The third kappa shape index (κ3) is 2.21. The summed E-state index contributed by atoms with van der Waals surface area (Å²) < 4.78 is 1.74. The monoisotopic (exact) mass is 183 g/mol. The SMILES string of the molecule is Cc1nn(CC(C)(C)O)c(C)c1N. The molecule has 1 aromatic rings. The van der Waals surface area contributed by atoms with Crippen LogP contribution in [0, 0.1) is 13.8 Å². The summed E-state index contributed by atoms with van der Waals surface area (Å²) in [5.41, 5.74) is 7.45. The maximum atomic E-state index is 9.59. The Hall–Kier alpha value is -1.03. The zero-order chi connectivity index (χ0) is 10.2. The second-order valence-corrected chi connectivity index (χ2v) is 4.05. The van der Waals surface area contributed by atoms with Crippen LogP contribution in [0.5, 0.6) is 0 Å². The predicted octanol–water partition coefficient (Wildman–Crippen LogP) is 0.853. The molecule has 0 aromatic carbocycles. The smallest absolute Gasteiger partial charge is 0.0825 e. The molecular formula is C9H17N3O. The Morgan fingerprint density at radius 3 is 2.31 bits per heavy atom. The number of hydrogen-bond donors (Lipinski definition) is 2. The number of aliphatic hydroxyl groups is 1. The fourth-order valence-electron chi connectivity index (χ4n) is 1.23. The lowest BCUT2D eigenvalue weighted by molar-refractivity contribution is 0.0570. The van der Waals surface area contributed by atoms with Gasteiger partial charge in [-0.2, -0.15) is 5.10 Å². The molecule has 0 amide bonds. The molecule has 3 N–H and O–H groups in total. The maximum Gasteiger partial charge on any atom is 0.0825 e. The third-order valence-electron chi connectivity index (χ3n) is 1.97. The summed E-state index contributed by atoms with van der Waals surface area (Å²) in [6, 6.07) is 0. The lowest BCUT2D eigenvalue weighted by atomic mass is 10.1. The quantitative estimate of drug-likeness (QED) is 0.714. The van der Waals surface area contributed by atoms with Crippen molar-refractivity contribution in [3.63, 3.8) is 0 Å². The fourth-order valence-corrected chi connectivity index (χ4v) is 1.23. The molecule has 0 aliphatic rings. The molecule has 0 atom stereocenters. The molecule has 1 rings (SSSR count). The topological polar surface area (TPSA) is 64.1 Å². The number of aryl methyl sites for hydroxylation is 1. The molecule has 0 spiro atoms. The van der Waals surface area contributed by atoms with E-state index in [4.69, 9.17) is 5.73 Å². The second kappa shape index (κ2) is 3.03. The minimum absolute atomic E-state index is 0.469. The molecule has 0 saturated heterocycles. The van der Waals surface area contributed by atoms with Crippen molar-refractivity contribution in [3.8, 4) is 0 Å². The van der Waals surface area contributed by atoms with Gasteiger partial charge in [0.1, 0.15) is 0 Å². The van der Waals surface area contributed by atoms with E-state index in [1.54, 1.807) is 18.5 Å². The van der Waals surface area contributed by atoms with Crippen LogP contribution in [-0.2, 0) is 6.54 Å². The number of rotatable bonds is 2. The van der Waals surface area contributed by atoms with Gasteiger partial charge in [0.05, 0.1) is 29.2 Å². The molecule has 0 radical (unpaired) electrons. The van der Waals surface area contributed by atoms with E-state index in [2.05, 4.69) is 5.10 Å². The number of nitrogen functional groups attached to an aromatic ring is 1. The average Bonchev–Trinajstić information content (AvgIpc) is 2.15. The van der Waals surface area contributed by atoms with Gasteiger partial charge < -0.3 is 10.8 Å². The highest BCUT2D eigenvalue weighted by molar-refractivity contribution is 5.46. The van der Waals surface area contributed by atoms with Gasteiger partial charge in [0, 0.05) is 0 Å². The Balaban J connectivity index is 2.97. The highest BCUT2D eigenvalue weighted by atomic mass is 16.3. The van der Waals surface area contributed by atoms with Crippen molar-refractivity contribution in [2.75, 3.05) is 5.73 Å². The van der Waals surface area contributed by atoms with Crippen LogP contribution in [0.2, 0.25) is 0 Å². The van der Waals surface area contributed by atoms with E-state index < -0.39 is 5.60 Å². The normalized spacial score (nSPS) is 12.1. The second-order valence-electron chi connectivity index (χ2n) is 4.05. The first-order valence-corrected chi connectivity index (χ1v) is 4.33. The molecule has 0 bridgehead atoms. The number of aromatic nitrogens is 2. The highest BCUT2D eigenvalue weighted by Crippen LogP contribution is 2.17. The van der Waals surface area contributed by atoms with Gasteiger partial charge in [-0.1, -0.05) is 0 Å². The van der Waals surface area contributed by atoms with E-state index in [0.717, 1.165) is 11.4 Å². The molecule has 0 fully saturated rings. The Morgan fingerprint density at radius 1 is 1.46 bits per heavy atom.